The summed E-state index contributed by atoms with van der Waals surface area (Å²) in [7, 11) is 0. The molecule has 1 aliphatic rings. The van der Waals surface area contributed by atoms with E-state index in [1.165, 1.54) is 12.8 Å². The molecule has 0 aliphatic heterocycles. The Bertz CT molecular complexity index is 660. The minimum absolute atomic E-state index is 0.343. The number of nitrogens with zero attached hydrogens (tertiary/aromatic N) is 2. The number of hydrogen-bond acceptors (Lipinski definition) is 2. The molecule has 2 aromatic rings. The first kappa shape index (κ1) is 13.2. The summed E-state index contributed by atoms with van der Waals surface area (Å²) >= 11 is 0. The third kappa shape index (κ3) is 2.09. The quantitative estimate of drug-likeness (QED) is 0.903. The van der Waals surface area contributed by atoms with Gasteiger partial charge in [-0.1, -0.05) is 20.3 Å². The van der Waals surface area contributed by atoms with Crippen LogP contribution in [0.25, 0.3) is 11.0 Å². The zero-order valence-corrected chi connectivity index (χ0v) is 12.0. The maximum absolute atomic E-state index is 11.2. The number of carboxylic acid groups (broad SMARTS) is 1. The van der Waals surface area contributed by atoms with Gasteiger partial charge in [0.15, 0.2) is 0 Å². The number of hydrogen-bond donors (Lipinski definition) is 1. The van der Waals surface area contributed by atoms with Gasteiger partial charge in [0.2, 0.25) is 0 Å². The Labute approximate surface area is 118 Å². The molecule has 0 spiro atoms. The van der Waals surface area contributed by atoms with Crippen LogP contribution >= 0.6 is 0 Å². The topological polar surface area (TPSA) is 55.1 Å². The van der Waals surface area contributed by atoms with E-state index in [1.54, 1.807) is 12.1 Å². The molecule has 4 heteroatoms. The van der Waals surface area contributed by atoms with Gasteiger partial charge < -0.3 is 9.67 Å². The highest BCUT2D eigenvalue weighted by molar-refractivity contribution is 5.92. The van der Waals surface area contributed by atoms with Gasteiger partial charge in [0.05, 0.1) is 16.6 Å². The summed E-state index contributed by atoms with van der Waals surface area (Å²) in [4.78, 5) is 15.9. The lowest BCUT2D eigenvalue weighted by atomic mass is 10.2. The van der Waals surface area contributed by atoms with Gasteiger partial charge in [-0.2, -0.15) is 0 Å². The van der Waals surface area contributed by atoms with Crippen molar-refractivity contribution in [1.29, 1.82) is 0 Å². The molecule has 0 radical (unpaired) electrons. The smallest absolute Gasteiger partial charge is 0.335 e. The van der Waals surface area contributed by atoms with Crippen LogP contribution in [0.3, 0.4) is 0 Å². The summed E-state index contributed by atoms with van der Waals surface area (Å²) in [6, 6.07) is 5.75. The van der Waals surface area contributed by atoms with E-state index in [4.69, 9.17) is 10.1 Å². The molecule has 2 unspecified atom stereocenters. The molecule has 3 rings (SSSR count). The molecule has 0 bridgehead atoms. The molecule has 1 saturated carbocycles. The predicted molar refractivity (Wildman–Crippen MR) is 78.1 cm³/mol. The molecule has 0 saturated heterocycles. The van der Waals surface area contributed by atoms with E-state index >= 15 is 0 Å². The van der Waals surface area contributed by atoms with E-state index in [0.717, 1.165) is 35.6 Å². The molecule has 0 amide bonds. The van der Waals surface area contributed by atoms with Gasteiger partial charge in [-0.3, -0.25) is 0 Å². The fourth-order valence-electron chi connectivity index (χ4n) is 3.03. The SMILES string of the molecule is CCCc1nc2ccc(C(=O)O)cc2n1C1CC1CC. The Morgan fingerprint density at radius 1 is 1.45 bits per heavy atom. The van der Waals surface area contributed by atoms with Crippen molar-refractivity contribution >= 4 is 17.0 Å². The van der Waals surface area contributed by atoms with E-state index < -0.39 is 5.97 Å². The second-order valence-corrected chi connectivity index (χ2v) is 5.63. The number of rotatable bonds is 5. The number of aryl methyl sites for hydroxylation is 1. The molecule has 1 aliphatic carbocycles. The molecule has 2 atom stereocenters. The van der Waals surface area contributed by atoms with Crippen LogP contribution < -0.4 is 0 Å². The van der Waals surface area contributed by atoms with E-state index in [0.29, 0.717) is 11.6 Å². The Morgan fingerprint density at radius 3 is 2.85 bits per heavy atom. The van der Waals surface area contributed by atoms with Crippen LogP contribution in [0.5, 0.6) is 0 Å². The van der Waals surface area contributed by atoms with Crippen molar-refractivity contribution in [3.05, 3.63) is 29.6 Å². The van der Waals surface area contributed by atoms with Gasteiger partial charge in [0.1, 0.15) is 5.82 Å². The van der Waals surface area contributed by atoms with Crippen molar-refractivity contribution in [3.63, 3.8) is 0 Å². The molecule has 1 aromatic heterocycles. The summed E-state index contributed by atoms with van der Waals surface area (Å²) in [5.41, 5.74) is 2.24. The summed E-state index contributed by atoms with van der Waals surface area (Å²) in [5.74, 6) is 0.946. The fraction of sp³-hybridized carbons (Fsp3) is 0.500. The highest BCUT2D eigenvalue weighted by atomic mass is 16.4. The highest BCUT2D eigenvalue weighted by Crippen LogP contribution is 2.47. The second kappa shape index (κ2) is 4.93. The molecule has 20 heavy (non-hydrogen) atoms. The Balaban J connectivity index is 2.13. The van der Waals surface area contributed by atoms with Crippen molar-refractivity contribution in [2.45, 2.75) is 45.6 Å². The zero-order chi connectivity index (χ0) is 14.3. The molecule has 1 fully saturated rings. The van der Waals surface area contributed by atoms with Crippen molar-refractivity contribution in [2.75, 3.05) is 0 Å². The number of imidazole rings is 1. The summed E-state index contributed by atoms with van der Waals surface area (Å²) in [5, 5.41) is 9.17. The Kier molecular flexibility index (Phi) is 3.24. The number of carboxylic acids is 1. The number of benzene rings is 1. The van der Waals surface area contributed by atoms with Gasteiger partial charge in [-0.15, -0.1) is 0 Å². The third-order valence-electron chi connectivity index (χ3n) is 4.22. The summed E-state index contributed by atoms with van der Waals surface area (Å²) in [6.45, 7) is 4.36. The fourth-order valence-corrected chi connectivity index (χ4v) is 3.03. The minimum Gasteiger partial charge on any atom is -0.478 e. The number of aromatic nitrogens is 2. The van der Waals surface area contributed by atoms with Crippen molar-refractivity contribution in [3.8, 4) is 0 Å². The lowest BCUT2D eigenvalue weighted by molar-refractivity contribution is 0.0697. The minimum atomic E-state index is -0.875. The first-order chi connectivity index (χ1) is 9.65. The standard InChI is InChI=1S/C16H20N2O2/c1-3-5-15-17-12-7-6-11(16(19)20)9-14(12)18(15)13-8-10(13)4-2/h6-7,9-10,13H,3-5,8H2,1-2H3,(H,19,20). The van der Waals surface area contributed by atoms with E-state index in [-0.39, 0.29) is 0 Å². The lowest BCUT2D eigenvalue weighted by Crippen LogP contribution is -2.03. The molecule has 1 aromatic carbocycles. The van der Waals surface area contributed by atoms with Crippen LogP contribution in [0.1, 0.15) is 55.3 Å². The van der Waals surface area contributed by atoms with Crippen LogP contribution in [-0.2, 0) is 6.42 Å². The van der Waals surface area contributed by atoms with Crippen molar-refractivity contribution < 1.29 is 9.90 Å². The Morgan fingerprint density at radius 2 is 2.25 bits per heavy atom. The van der Waals surface area contributed by atoms with E-state index in [9.17, 15) is 4.79 Å². The summed E-state index contributed by atoms with van der Waals surface area (Å²) in [6.07, 6.45) is 4.37. The summed E-state index contributed by atoms with van der Waals surface area (Å²) < 4.78 is 2.29. The van der Waals surface area contributed by atoms with Gasteiger partial charge in [0, 0.05) is 12.5 Å². The normalized spacial score (nSPS) is 21.3. The number of fused-ring (bicyclic) bond motifs is 1. The van der Waals surface area contributed by atoms with Crippen LogP contribution in [-0.4, -0.2) is 20.6 Å². The monoisotopic (exact) mass is 272 g/mol. The van der Waals surface area contributed by atoms with Crippen LogP contribution in [0.4, 0.5) is 0 Å². The molecular formula is C16H20N2O2. The third-order valence-corrected chi connectivity index (χ3v) is 4.22. The molecule has 1 heterocycles. The lowest BCUT2D eigenvalue weighted by Gasteiger charge is -2.08. The molecule has 106 valence electrons. The van der Waals surface area contributed by atoms with Gasteiger partial charge in [-0.25, -0.2) is 9.78 Å². The second-order valence-electron chi connectivity index (χ2n) is 5.63. The van der Waals surface area contributed by atoms with Crippen molar-refractivity contribution in [2.24, 2.45) is 5.92 Å². The van der Waals surface area contributed by atoms with E-state index in [1.807, 2.05) is 6.07 Å². The molecular weight excluding hydrogens is 252 g/mol. The molecule has 1 N–H and O–H groups in total. The highest BCUT2D eigenvalue weighted by Gasteiger charge is 2.39. The largest absolute Gasteiger partial charge is 0.478 e. The number of aromatic carboxylic acids is 1. The van der Waals surface area contributed by atoms with Gasteiger partial charge in [-0.05, 0) is 37.0 Å². The van der Waals surface area contributed by atoms with Gasteiger partial charge in [0.25, 0.3) is 0 Å². The maximum atomic E-state index is 11.2. The molecule has 4 nitrogen and oxygen atoms in total. The van der Waals surface area contributed by atoms with Crippen LogP contribution in [0, 0.1) is 5.92 Å². The Hall–Kier alpha value is -1.84. The first-order valence-electron chi connectivity index (χ1n) is 7.39. The maximum Gasteiger partial charge on any atom is 0.335 e. The van der Waals surface area contributed by atoms with Crippen molar-refractivity contribution in [1.82, 2.24) is 9.55 Å². The average molecular weight is 272 g/mol. The zero-order valence-electron chi connectivity index (χ0n) is 12.0. The van der Waals surface area contributed by atoms with Crippen LogP contribution in [0.15, 0.2) is 18.2 Å². The first-order valence-corrected chi connectivity index (χ1v) is 7.39. The van der Waals surface area contributed by atoms with E-state index in [2.05, 4.69) is 18.4 Å². The van der Waals surface area contributed by atoms with Gasteiger partial charge >= 0.3 is 5.97 Å². The average Bonchev–Trinajstić information content (AvgIpc) is 3.12. The predicted octanol–water partition coefficient (Wildman–Crippen LogP) is 3.66. The van der Waals surface area contributed by atoms with Crippen LogP contribution in [0.2, 0.25) is 0 Å². The number of carbonyl (C=O) groups is 1.